The summed E-state index contributed by atoms with van der Waals surface area (Å²) in [6.07, 6.45) is 4.35. The summed E-state index contributed by atoms with van der Waals surface area (Å²) in [7, 11) is 0. The largest absolute Gasteiger partial charge is 0.259 e. The summed E-state index contributed by atoms with van der Waals surface area (Å²) < 4.78 is 0. The highest BCUT2D eigenvalue weighted by atomic mass is 35.5. The molecule has 0 spiro atoms. The maximum atomic E-state index is 5.85. The van der Waals surface area contributed by atoms with Crippen LogP contribution in [0.3, 0.4) is 0 Å². The van der Waals surface area contributed by atoms with Crippen molar-refractivity contribution in [2.24, 2.45) is 5.92 Å². The van der Waals surface area contributed by atoms with Gasteiger partial charge in [-0.3, -0.25) is 4.98 Å². The van der Waals surface area contributed by atoms with Gasteiger partial charge < -0.3 is 0 Å². The van der Waals surface area contributed by atoms with E-state index in [-0.39, 0.29) is 0 Å². The summed E-state index contributed by atoms with van der Waals surface area (Å²) in [5.74, 6) is 0.649. The Hall–Kier alpha value is -1.41. The van der Waals surface area contributed by atoms with E-state index in [9.17, 15) is 0 Å². The van der Waals surface area contributed by atoms with Gasteiger partial charge in [-0.05, 0) is 24.0 Å². The molecule has 3 heteroatoms. The van der Waals surface area contributed by atoms with Crippen molar-refractivity contribution >= 4 is 11.6 Å². The van der Waals surface area contributed by atoms with E-state index >= 15 is 0 Å². The van der Waals surface area contributed by atoms with E-state index in [1.165, 1.54) is 5.56 Å². The molecule has 1 aromatic carbocycles. The number of hydrogen-bond donors (Lipinski definition) is 0. The maximum absolute atomic E-state index is 5.85. The van der Waals surface area contributed by atoms with Gasteiger partial charge in [0.15, 0.2) is 0 Å². The van der Waals surface area contributed by atoms with Gasteiger partial charge in [0.05, 0.1) is 18.1 Å². The Bertz CT molecular complexity index is 509. The van der Waals surface area contributed by atoms with Crippen molar-refractivity contribution in [3.63, 3.8) is 0 Å². The molecule has 0 unspecified atom stereocenters. The molecular formula is C14H15ClN2. The van der Waals surface area contributed by atoms with Crippen molar-refractivity contribution in [3.8, 4) is 11.3 Å². The zero-order valence-electron chi connectivity index (χ0n) is 10.0. The van der Waals surface area contributed by atoms with Crippen LogP contribution in [0.25, 0.3) is 11.3 Å². The van der Waals surface area contributed by atoms with Gasteiger partial charge in [0.2, 0.25) is 0 Å². The molecule has 88 valence electrons. The SMILES string of the molecule is CC(C)Cc1cccc(-c2cncc(Cl)n2)c1. The van der Waals surface area contributed by atoms with Crippen LogP contribution in [-0.4, -0.2) is 9.97 Å². The fourth-order valence-corrected chi connectivity index (χ4v) is 1.96. The van der Waals surface area contributed by atoms with Crippen LogP contribution in [0.15, 0.2) is 36.7 Å². The maximum Gasteiger partial charge on any atom is 0.148 e. The molecule has 2 rings (SSSR count). The normalized spacial score (nSPS) is 10.8. The lowest BCUT2D eigenvalue weighted by Gasteiger charge is -2.07. The number of rotatable bonds is 3. The minimum atomic E-state index is 0.428. The van der Waals surface area contributed by atoms with Gasteiger partial charge in [0.25, 0.3) is 0 Å². The lowest BCUT2D eigenvalue weighted by Crippen LogP contribution is -1.94. The van der Waals surface area contributed by atoms with Gasteiger partial charge in [-0.1, -0.05) is 43.6 Å². The molecule has 0 saturated heterocycles. The van der Waals surface area contributed by atoms with E-state index < -0.39 is 0 Å². The zero-order chi connectivity index (χ0) is 12.3. The molecule has 1 heterocycles. The third-order valence-electron chi connectivity index (χ3n) is 2.47. The Morgan fingerprint density at radius 1 is 1.24 bits per heavy atom. The van der Waals surface area contributed by atoms with Gasteiger partial charge >= 0.3 is 0 Å². The molecular weight excluding hydrogens is 232 g/mol. The second-order valence-electron chi connectivity index (χ2n) is 4.53. The minimum Gasteiger partial charge on any atom is -0.259 e. The summed E-state index contributed by atoms with van der Waals surface area (Å²) in [5, 5.41) is 0.428. The molecule has 0 saturated carbocycles. The molecule has 0 fully saturated rings. The first kappa shape index (κ1) is 12.1. The number of aromatic nitrogens is 2. The van der Waals surface area contributed by atoms with Crippen LogP contribution in [0.5, 0.6) is 0 Å². The molecule has 0 aliphatic heterocycles. The topological polar surface area (TPSA) is 25.8 Å². The summed E-state index contributed by atoms with van der Waals surface area (Å²) in [4.78, 5) is 8.32. The van der Waals surface area contributed by atoms with Crippen LogP contribution in [0.4, 0.5) is 0 Å². The summed E-state index contributed by atoms with van der Waals surface area (Å²) in [6.45, 7) is 4.43. The minimum absolute atomic E-state index is 0.428. The zero-order valence-corrected chi connectivity index (χ0v) is 10.8. The Morgan fingerprint density at radius 3 is 2.76 bits per heavy atom. The van der Waals surface area contributed by atoms with Crippen LogP contribution in [0, 0.1) is 5.92 Å². The molecule has 0 atom stereocenters. The van der Waals surface area contributed by atoms with Crippen molar-refractivity contribution in [2.45, 2.75) is 20.3 Å². The average molecular weight is 247 g/mol. The molecule has 17 heavy (non-hydrogen) atoms. The van der Waals surface area contributed by atoms with Gasteiger partial charge in [0, 0.05) is 5.56 Å². The first-order valence-corrected chi connectivity index (χ1v) is 6.10. The van der Waals surface area contributed by atoms with Gasteiger partial charge in [-0.2, -0.15) is 0 Å². The molecule has 2 nitrogen and oxygen atoms in total. The fraction of sp³-hybridized carbons (Fsp3) is 0.286. The van der Waals surface area contributed by atoms with E-state index in [0.717, 1.165) is 17.7 Å². The van der Waals surface area contributed by atoms with Crippen LogP contribution in [-0.2, 0) is 6.42 Å². The predicted molar refractivity (Wildman–Crippen MR) is 71.0 cm³/mol. The summed E-state index contributed by atoms with van der Waals surface area (Å²) in [6, 6.07) is 8.38. The highest BCUT2D eigenvalue weighted by Crippen LogP contribution is 2.20. The third-order valence-corrected chi connectivity index (χ3v) is 2.65. The van der Waals surface area contributed by atoms with Crippen molar-refractivity contribution in [3.05, 3.63) is 47.4 Å². The van der Waals surface area contributed by atoms with Crippen LogP contribution < -0.4 is 0 Å². The number of hydrogen-bond acceptors (Lipinski definition) is 2. The standard InChI is InChI=1S/C14H15ClN2/c1-10(2)6-11-4-3-5-12(7-11)13-8-16-9-14(15)17-13/h3-5,7-10H,6H2,1-2H3. The monoisotopic (exact) mass is 246 g/mol. The predicted octanol–water partition coefficient (Wildman–Crippen LogP) is 4.00. The number of nitrogens with zero attached hydrogens (tertiary/aromatic N) is 2. The molecule has 1 aromatic heterocycles. The van der Waals surface area contributed by atoms with Gasteiger partial charge in [-0.25, -0.2) is 4.98 Å². The molecule has 2 aromatic rings. The van der Waals surface area contributed by atoms with E-state index in [1.54, 1.807) is 12.4 Å². The van der Waals surface area contributed by atoms with Crippen molar-refractivity contribution < 1.29 is 0 Å². The second-order valence-corrected chi connectivity index (χ2v) is 4.91. The average Bonchev–Trinajstić information content (AvgIpc) is 2.28. The van der Waals surface area contributed by atoms with Gasteiger partial charge in [-0.15, -0.1) is 0 Å². The highest BCUT2D eigenvalue weighted by Gasteiger charge is 2.03. The Kier molecular flexibility index (Phi) is 3.75. The quantitative estimate of drug-likeness (QED) is 0.818. The third kappa shape index (κ3) is 3.27. The van der Waals surface area contributed by atoms with Crippen molar-refractivity contribution in [2.75, 3.05) is 0 Å². The van der Waals surface area contributed by atoms with Crippen LogP contribution in [0.2, 0.25) is 5.15 Å². The van der Waals surface area contributed by atoms with Crippen molar-refractivity contribution in [1.82, 2.24) is 9.97 Å². The Morgan fingerprint density at radius 2 is 2.06 bits per heavy atom. The molecule has 0 bridgehead atoms. The lowest BCUT2D eigenvalue weighted by molar-refractivity contribution is 0.647. The van der Waals surface area contributed by atoms with Crippen molar-refractivity contribution in [1.29, 1.82) is 0 Å². The molecule has 0 radical (unpaired) electrons. The Balaban J connectivity index is 2.33. The van der Waals surface area contributed by atoms with E-state index in [4.69, 9.17) is 11.6 Å². The fourth-order valence-electron chi connectivity index (χ4n) is 1.81. The van der Waals surface area contributed by atoms with Crippen LogP contribution >= 0.6 is 11.6 Å². The first-order valence-electron chi connectivity index (χ1n) is 5.72. The second kappa shape index (κ2) is 5.28. The van der Waals surface area contributed by atoms with E-state index in [0.29, 0.717) is 11.1 Å². The van der Waals surface area contributed by atoms with E-state index in [2.05, 4.69) is 42.0 Å². The number of benzene rings is 1. The summed E-state index contributed by atoms with van der Waals surface area (Å²) >= 11 is 5.85. The molecule has 0 N–H and O–H groups in total. The van der Waals surface area contributed by atoms with Gasteiger partial charge in [0.1, 0.15) is 5.15 Å². The smallest absolute Gasteiger partial charge is 0.148 e. The molecule has 0 amide bonds. The highest BCUT2D eigenvalue weighted by molar-refractivity contribution is 6.29. The molecule has 0 aliphatic rings. The number of halogens is 1. The summed E-state index contributed by atoms with van der Waals surface area (Å²) in [5.41, 5.74) is 3.21. The Labute approximate surface area is 107 Å². The molecule has 0 aliphatic carbocycles. The first-order chi connectivity index (χ1) is 8.15. The van der Waals surface area contributed by atoms with E-state index in [1.807, 2.05) is 6.07 Å². The van der Waals surface area contributed by atoms with Crippen LogP contribution in [0.1, 0.15) is 19.4 Å². The lowest BCUT2D eigenvalue weighted by atomic mass is 10.0.